The van der Waals surface area contributed by atoms with E-state index in [0.29, 0.717) is 5.56 Å². The largest absolute Gasteiger partial charge is 0.494 e. The lowest BCUT2D eigenvalue weighted by Gasteiger charge is -2.44. The van der Waals surface area contributed by atoms with Crippen molar-refractivity contribution in [2.45, 2.75) is 97.1 Å². The molecule has 0 radical (unpaired) electrons. The molecule has 12 heteroatoms. The van der Waals surface area contributed by atoms with Crippen LogP contribution in [0.3, 0.4) is 0 Å². The molecule has 11 nitrogen and oxygen atoms in total. The number of esters is 4. The second kappa shape index (κ2) is 11.4. The highest BCUT2D eigenvalue weighted by Gasteiger charge is 2.53. The van der Waals surface area contributed by atoms with Gasteiger partial charge in [-0.15, -0.1) is 0 Å². The minimum absolute atomic E-state index is 0.291. The summed E-state index contributed by atoms with van der Waals surface area (Å²) in [5.74, 6) is -2.61. The molecule has 208 valence electrons. The first-order chi connectivity index (χ1) is 17.6. The Bertz CT molecular complexity index is 1040. The average Bonchev–Trinajstić information content (AvgIpc) is 3.01. The zero-order valence-corrected chi connectivity index (χ0v) is 23.0. The molecule has 0 bridgehead atoms. The Morgan fingerprint density at radius 2 is 1.21 bits per heavy atom. The zero-order valence-electron chi connectivity index (χ0n) is 23.0. The Morgan fingerprint density at radius 1 is 0.737 bits per heavy atom. The lowest BCUT2D eigenvalue weighted by molar-refractivity contribution is -0.254. The SMILES string of the molecule is CC(=O)OC[C@H]1OC(c2ccc(B3OC(C)(C)C(C)(C)O3)cc2)[C@H](OC(C)=O)[C@@H](OC(C)=O)[C@@H]1OC(C)=O. The molecule has 0 saturated carbocycles. The zero-order chi connectivity index (χ0) is 28.4. The molecule has 0 amide bonds. The molecule has 3 rings (SSSR count). The normalized spacial score (nSPS) is 27.8. The van der Waals surface area contributed by atoms with Crippen LogP contribution < -0.4 is 5.46 Å². The molecular formula is C26H35BO11. The molecule has 0 aromatic heterocycles. The fourth-order valence-corrected chi connectivity index (χ4v) is 4.32. The van der Waals surface area contributed by atoms with Gasteiger partial charge in [-0.3, -0.25) is 19.2 Å². The van der Waals surface area contributed by atoms with Gasteiger partial charge in [0.05, 0.1) is 11.2 Å². The molecule has 1 unspecified atom stereocenters. The van der Waals surface area contributed by atoms with Gasteiger partial charge in [-0.25, -0.2) is 0 Å². The molecule has 0 N–H and O–H groups in total. The number of hydrogen-bond acceptors (Lipinski definition) is 11. The summed E-state index contributed by atoms with van der Waals surface area (Å²) in [5, 5.41) is 0. The van der Waals surface area contributed by atoms with Crippen LogP contribution in [0.25, 0.3) is 0 Å². The van der Waals surface area contributed by atoms with Crippen molar-refractivity contribution in [3.05, 3.63) is 29.8 Å². The van der Waals surface area contributed by atoms with Crippen LogP contribution in [-0.2, 0) is 52.2 Å². The van der Waals surface area contributed by atoms with E-state index >= 15 is 0 Å². The molecule has 2 fully saturated rings. The van der Waals surface area contributed by atoms with Crippen molar-refractivity contribution in [3.63, 3.8) is 0 Å². The summed E-state index contributed by atoms with van der Waals surface area (Å²) < 4.78 is 40.0. The maximum Gasteiger partial charge on any atom is 0.494 e. The number of hydrogen-bond donors (Lipinski definition) is 0. The van der Waals surface area contributed by atoms with Crippen molar-refractivity contribution < 1.29 is 52.2 Å². The van der Waals surface area contributed by atoms with E-state index in [-0.39, 0.29) is 6.61 Å². The molecular weight excluding hydrogens is 499 g/mol. The first-order valence-electron chi connectivity index (χ1n) is 12.4. The fourth-order valence-electron chi connectivity index (χ4n) is 4.32. The topological polar surface area (TPSA) is 133 Å². The van der Waals surface area contributed by atoms with E-state index in [4.69, 9.17) is 33.0 Å². The predicted octanol–water partition coefficient (Wildman–Crippen LogP) is 1.78. The molecule has 5 atom stereocenters. The van der Waals surface area contributed by atoms with Crippen LogP contribution in [0.4, 0.5) is 0 Å². The van der Waals surface area contributed by atoms with Crippen LogP contribution in [-0.4, -0.2) is 73.2 Å². The predicted molar refractivity (Wildman–Crippen MR) is 133 cm³/mol. The summed E-state index contributed by atoms with van der Waals surface area (Å²) in [5.41, 5.74) is 0.299. The molecule has 2 aliphatic heterocycles. The standard InChI is InChI=1S/C26H35BO11/c1-14(28)32-13-20-22(33-15(2)29)24(35-17(4)31)23(34-16(3)30)21(36-20)18-9-11-19(12-10-18)27-37-25(5,6)26(7,8)38-27/h9-12,20-24H,13H2,1-8H3/t20-,21?,22-,23+,24+/m1/s1. The van der Waals surface area contributed by atoms with Crippen molar-refractivity contribution in [1.82, 2.24) is 0 Å². The minimum Gasteiger partial charge on any atom is -0.463 e. The summed E-state index contributed by atoms with van der Waals surface area (Å²) in [6.45, 7) is 12.3. The van der Waals surface area contributed by atoms with Gasteiger partial charge in [0.1, 0.15) is 18.8 Å². The third kappa shape index (κ3) is 6.72. The maximum atomic E-state index is 12.1. The summed E-state index contributed by atoms with van der Waals surface area (Å²) >= 11 is 0. The van der Waals surface area contributed by atoms with Crippen molar-refractivity contribution in [3.8, 4) is 0 Å². The van der Waals surface area contributed by atoms with E-state index in [1.165, 1.54) is 27.7 Å². The quantitative estimate of drug-likeness (QED) is 0.288. The molecule has 0 spiro atoms. The highest BCUT2D eigenvalue weighted by molar-refractivity contribution is 6.62. The second-order valence-electron chi connectivity index (χ2n) is 10.4. The first kappa shape index (κ1) is 29.6. The smallest absolute Gasteiger partial charge is 0.463 e. The molecule has 2 saturated heterocycles. The highest BCUT2D eigenvalue weighted by atomic mass is 16.7. The van der Waals surface area contributed by atoms with Gasteiger partial charge in [-0.1, -0.05) is 24.3 Å². The van der Waals surface area contributed by atoms with Gasteiger partial charge < -0.3 is 33.0 Å². The number of ether oxygens (including phenoxy) is 5. The second-order valence-corrected chi connectivity index (χ2v) is 10.4. The van der Waals surface area contributed by atoms with Crippen molar-refractivity contribution in [2.24, 2.45) is 0 Å². The summed E-state index contributed by atoms with van der Waals surface area (Å²) in [6, 6.07) is 7.10. The van der Waals surface area contributed by atoms with Gasteiger partial charge in [-0.2, -0.15) is 0 Å². The third-order valence-corrected chi connectivity index (χ3v) is 6.78. The number of rotatable bonds is 7. The van der Waals surface area contributed by atoms with Crippen molar-refractivity contribution in [1.29, 1.82) is 0 Å². The van der Waals surface area contributed by atoms with Gasteiger partial charge in [0.2, 0.25) is 0 Å². The van der Waals surface area contributed by atoms with E-state index in [1.54, 1.807) is 24.3 Å². The maximum absolute atomic E-state index is 12.1. The van der Waals surface area contributed by atoms with E-state index in [0.717, 1.165) is 5.46 Å². The lowest BCUT2D eigenvalue weighted by Crippen LogP contribution is -2.59. The Labute approximate surface area is 222 Å². The molecule has 0 aliphatic carbocycles. The number of carbonyl (C=O) groups is 4. The lowest BCUT2D eigenvalue weighted by atomic mass is 9.78. The number of benzene rings is 1. The summed E-state index contributed by atoms with van der Waals surface area (Å²) in [4.78, 5) is 47.5. The Hall–Kier alpha value is -2.96. The summed E-state index contributed by atoms with van der Waals surface area (Å²) in [7, 11) is -0.593. The third-order valence-electron chi connectivity index (χ3n) is 6.78. The van der Waals surface area contributed by atoms with Crippen LogP contribution in [0.5, 0.6) is 0 Å². The van der Waals surface area contributed by atoms with Gasteiger partial charge in [0.25, 0.3) is 0 Å². The highest BCUT2D eigenvalue weighted by Crippen LogP contribution is 2.39. The molecule has 1 aromatic rings. The molecule has 2 heterocycles. The van der Waals surface area contributed by atoms with Crippen LogP contribution >= 0.6 is 0 Å². The van der Waals surface area contributed by atoms with Crippen LogP contribution in [0, 0.1) is 0 Å². The van der Waals surface area contributed by atoms with Crippen molar-refractivity contribution in [2.75, 3.05) is 6.61 Å². The van der Waals surface area contributed by atoms with E-state index in [2.05, 4.69) is 0 Å². The van der Waals surface area contributed by atoms with E-state index < -0.39 is 72.7 Å². The minimum atomic E-state index is -1.23. The van der Waals surface area contributed by atoms with Gasteiger partial charge >= 0.3 is 31.0 Å². The molecule has 1 aromatic carbocycles. The number of carbonyl (C=O) groups excluding carboxylic acids is 4. The molecule has 2 aliphatic rings. The van der Waals surface area contributed by atoms with Gasteiger partial charge in [0, 0.05) is 27.7 Å². The van der Waals surface area contributed by atoms with E-state index in [9.17, 15) is 19.2 Å². The van der Waals surface area contributed by atoms with E-state index in [1.807, 2.05) is 27.7 Å². The van der Waals surface area contributed by atoms with Crippen LogP contribution in [0.15, 0.2) is 24.3 Å². The molecule has 38 heavy (non-hydrogen) atoms. The van der Waals surface area contributed by atoms with Gasteiger partial charge in [-0.05, 0) is 38.7 Å². The fraction of sp³-hybridized carbons (Fsp3) is 0.615. The monoisotopic (exact) mass is 534 g/mol. The Morgan fingerprint density at radius 3 is 1.68 bits per heavy atom. The van der Waals surface area contributed by atoms with Crippen molar-refractivity contribution >= 4 is 36.5 Å². The summed E-state index contributed by atoms with van der Waals surface area (Å²) in [6.07, 6.45) is -5.59. The Kier molecular flexibility index (Phi) is 8.90. The van der Waals surface area contributed by atoms with Crippen LogP contribution in [0.1, 0.15) is 67.1 Å². The van der Waals surface area contributed by atoms with Crippen LogP contribution in [0.2, 0.25) is 0 Å². The average molecular weight is 534 g/mol. The Balaban J connectivity index is 1.98. The van der Waals surface area contributed by atoms with Gasteiger partial charge in [0.15, 0.2) is 18.3 Å². The first-order valence-corrected chi connectivity index (χ1v) is 12.4.